The Kier molecular flexibility index (Phi) is 1.16. The summed E-state index contributed by atoms with van der Waals surface area (Å²) in [6.07, 6.45) is 4.47. The third kappa shape index (κ3) is 0.722. The van der Waals surface area contributed by atoms with Crippen LogP contribution in [0, 0.1) is 0 Å². The molecule has 1 saturated heterocycles. The summed E-state index contributed by atoms with van der Waals surface area (Å²) in [5.74, 6) is 0. The van der Waals surface area contributed by atoms with Crippen molar-refractivity contribution < 1.29 is 12.6 Å². The van der Waals surface area contributed by atoms with Crippen molar-refractivity contribution in [2.45, 2.75) is 25.4 Å². The zero-order valence-electron chi connectivity index (χ0n) is 5.41. The molecule has 0 amide bonds. The van der Waals surface area contributed by atoms with Gasteiger partial charge in [-0.05, 0) is 19.3 Å². The Labute approximate surface area is 59.8 Å². The summed E-state index contributed by atoms with van der Waals surface area (Å²) in [4.78, 5) is 0.513. The highest BCUT2D eigenvalue weighted by Gasteiger charge is 2.42. The first kappa shape index (κ1) is 6.37. The number of hydrogen-bond acceptors (Lipinski definition) is 3. The number of fused-ring (bicyclic) bond motifs is 1. The maximum absolute atomic E-state index is 10.8. The summed E-state index contributed by atoms with van der Waals surface area (Å²) < 4.78 is 26.2. The van der Waals surface area contributed by atoms with Crippen LogP contribution in [0.1, 0.15) is 19.3 Å². The van der Waals surface area contributed by atoms with Gasteiger partial charge in [-0.25, -0.2) is 0 Å². The third-order valence-electron chi connectivity index (χ3n) is 1.86. The molecule has 0 aromatic heterocycles. The van der Waals surface area contributed by atoms with Crippen molar-refractivity contribution in [2.24, 2.45) is 0 Å². The molecule has 0 radical (unpaired) electrons. The Morgan fingerprint density at radius 3 is 2.90 bits per heavy atom. The van der Waals surface area contributed by atoms with Crippen LogP contribution in [0.5, 0.6) is 0 Å². The molecule has 1 aliphatic heterocycles. The lowest BCUT2D eigenvalue weighted by Gasteiger charge is -2.31. The van der Waals surface area contributed by atoms with Gasteiger partial charge >= 0.3 is 0 Å². The third-order valence-corrected chi connectivity index (χ3v) is 3.36. The van der Waals surface area contributed by atoms with Crippen LogP contribution in [0.2, 0.25) is 0 Å². The minimum atomic E-state index is -3.22. The predicted octanol–water partition coefficient (Wildman–Crippen LogP) is 0.783. The molecular formula is C6H8O3S. The smallest absolute Gasteiger partial charge is 0.258 e. The molecule has 2 aliphatic rings. The lowest BCUT2D eigenvalue weighted by atomic mass is 10.1. The van der Waals surface area contributed by atoms with Gasteiger partial charge < -0.3 is 0 Å². The molecule has 1 atom stereocenters. The molecule has 2 rings (SSSR count). The van der Waals surface area contributed by atoms with Gasteiger partial charge in [0, 0.05) is 0 Å². The highest BCUT2D eigenvalue weighted by Crippen LogP contribution is 2.36. The Morgan fingerprint density at radius 1 is 1.60 bits per heavy atom. The summed E-state index contributed by atoms with van der Waals surface area (Å²) in [6.45, 7) is 0. The molecule has 10 heavy (non-hydrogen) atoms. The van der Waals surface area contributed by atoms with Crippen molar-refractivity contribution in [2.75, 3.05) is 0 Å². The van der Waals surface area contributed by atoms with E-state index in [-0.39, 0.29) is 6.10 Å². The minimum Gasteiger partial charge on any atom is -0.258 e. The van der Waals surface area contributed by atoms with E-state index in [0.29, 0.717) is 4.91 Å². The number of hydrogen-bond donors (Lipinski definition) is 0. The topological polar surface area (TPSA) is 43.4 Å². The summed E-state index contributed by atoms with van der Waals surface area (Å²) in [7, 11) is -3.22. The first-order valence-corrected chi connectivity index (χ1v) is 4.74. The zero-order chi connectivity index (χ0) is 7.19. The Bertz CT molecular complexity index is 275. The maximum atomic E-state index is 10.8. The van der Waals surface area contributed by atoms with Crippen LogP contribution in [0.4, 0.5) is 0 Å². The molecule has 4 heteroatoms. The molecule has 0 N–H and O–H groups in total. The highest BCUT2D eigenvalue weighted by molar-refractivity contribution is 7.92. The fourth-order valence-corrected chi connectivity index (χ4v) is 2.63. The van der Waals surface area contributed by atoms with Gasteiger partial charge in [0.05, 0.1) is 4.91 Å². The van der Waals surface area contributed by atoms with Crippen LogP contribution in [0.25, 0.3) is 0 Å². The van der Waals surface area contributed by atoms with E-state index in [0.717, 1.165) is 19.3 Å². The molecule has 0 aromatic carbocycles. The molecule has 0 aromatic rings. The largest absolute Gasteiger partial charge is 0.296 e. The Hall–Kier alpha value is -0.350. The first-order valence-electron chi connectivity index (χ1n) is 3.33. The molecule has 3 nitrogen and oxygen atoms in total. The number of allylic oxidation sites excluding steroid dienone is 1. The molecule has 0 bridgehead atoms. The highest BCUT2D eigenvalue weighted by atomic mass is 32.2. The van der Waals surface area contributed by atoms with Crippen LogP contribution in [-0.2, 0) is 14.3 Å². The van der Waals surface area contributed by atoms with Crippen molar-refractivity contribution in [1.82, 2.24) is 0 Å². The van der Waals surface area contributed by atoms with Gasteiger partial charge in [-0.2, -0.15) is 8.42 Å². The lowest BCUT2D eigenvalue weighted by molar-refractivity contribution is 0.191. The molecular weight excluding hydrogens is 152 g/mol. The molecule has 56 valence electrons. The Morgan fingerprint density at radius 2 is 2.40 bits per heavy atom. The minimum absolute atomic E-state index is 0.0984. The van der Waals surface area contributed by atoms with Gasteiger partial charge in [-0.15, -0.1) is 0 Å². The normalized spacial score (nSPS) is 35.6. The average Bonchev–Trinajstić information content (AvgIpc) is 1.86. The van der Waals surface area contributed by atoms with Gasteiger partial charge in [0.15, 0.2) is 0 Å². The van der Waals surface area contributed by atoms with E-state index in [1.807, 2.05) is 0 Å². The van der Waals surface area contributed by atoms with Crippen LogP contribution in [0.3, 0.4) is 0 Å². The summed E-state index contributed by atoms with van der Waals surface area (Å²) in [6, 6.07) is 0. The average molecular weight is 160 g/mol. The van der Waals surface area contributed by atoms with E-state index in [1.165, 1.54) is 0 Å². The second-order valence-corrected chi connectivity index (χ2v) is 4.15. The van der Waals surface area contributed by atoms with Crippen LogP contribution in [0.15, 0.2) is 11.0 Å². The van der Waals surface area contributed by atoms with E-state index in [1.54, 1.807) is 6.08 Å². The van der Waals surface area contributed by atoms with E-state index < -0.39 is 10.1 Å². The molecule has 0 saturated carbocycles. The molecule has 1 fully saturated rings. The summed E-state index contributed by atoms with van der Waals surface area (Å²) in [5, 5.41) is 0. The standard InChI is InChI=1S/C6H8O3S/c7-10(8)6-4-2-1-3-5(6)9-10/h4-5H,1-3H2. The van der Waals surface area contributed by atoms with E-state index in [4.69, 9.17) is 0 Å². The monoisotopic (exact) mass is 160 g/mol. The molecule has 1 heterocycles. The van der Waals surface area contributed by atoms with Crippen molar-refractivity contribution in [1.29, 1.82) is 0 Å². The van der Waals surface area contributed by atoms with Crippen molar-refractivity contribution >= 4 is 10.1 Å². The quantitative estimate of drug-likeness (QED) is 0.492. The van der Waals surface area contributed by atoms with Gasteiger partial charge in [-0.3, -0.25) is 4.18 Å². The zero-order valence-corrected chi connectivity index (χ0v) is 6.23. The first-order chi connectivity index (χ1) is 4.70. The molecule has 1 unspecified atom stereocenters. The van der Waals surface area contributed by atoms with Crippen molar-refractivity contribution in [3.05, 3.63) is 11.0 Å². The van der Waals surface area contributed by atoms with Gasteiger partial charge in [0.25, 0.3) is 10.1 Å². The van der Waals surface area contributed by atoms with Gasteiger partial charge in [0.1, 0.15) is 6.10 Å². The van der Waals surface area contributed by atoms with Crippen LogP contribution >= 0.6 is 0 Å². The lowest BCUT2D eigenvalue weighted by Crippen LogP contribution is -2.37. The summed E-state index contributed by atoms with van der Waals surface area (Å²) in [5.41, 5.74) is 0. The summed E-state index contributed by atoms with van der Waals surface area (Å²) >= 11 is 0. The van der Waals surface area contributed by atoms with Gasteiger partial charge in [0.2, 0.25) is 0 Å². The fraction of sp³-hybridized carbons (Fsp3) is 0.667. The van der Waals surface area contributed by atoms with Crippen molar-refractivity contribution in [3.8, 4) is 0 Å². The van der Waals surface area contributed by atoms with Crippen molar-refractivity contribution in [3.63, 3.8) is 0 Å². The van der Waals surface area contributed by atoms with Crippen LogP contribution in [-0.4, -0.2) is 14.5 Å². The second-order valence-electron chi connectivity index (χ2n) is 2.58. The van der Waals surface area contributed by atoms with E-state index in [2.05, 4.69) is 4.18 Å². The molecule has 1 aliphatic carbocycles. The number of rotatable bonds is 0. The Balaban J connectivity index is 2.36. The van der Waals surface area contributed by atoms with Gasteiger partial charge in [-0.1, -0.05) is 6.08 Å². The second kappa shape index (κ2) is 1.83. The van der Waals surface area contributed by atoms with E-state index >= 15 is 0 Å². The van der Waals surface area contributed by atoms with E-state index in [9.17, 15) is 8.42 Å². The fourth-order valence-electron chi connectivity index (χ4n) is 1.35. The SMILES string of the molecule is O=S1(=O)OC2CCCC=C21. The maximum Gasteiger partial charge on any atom is 0.296 e. The predicted molar refractivity (Wildman–Crippen MR) is 35.7 cm³/mol. The van der Waals surface area contributed by atoms with Crippen LogP contribution < -0.4 is 0 Å². The molecule has 0 spiro atoms.